The van der Waals surface area contributed by atoms with Gasteiger partial charge in [-0.1, -0.05) is 34.6 Å². The standard InChI is InChI=1S/C18H34N4/c1-15(2)12-21-9-6-16(7-10-21)20-17(18(3,4)5)13-22-11-8-19-14-22/h8,11,14-17,20H,6-7,9-10,12-13H2,1-5H3. The van der Waals surface area contributed by atoms with Gasteiger partial charge in [-0.05, 0) is 37.3 Å². The zero-order chi connectivity index (χ0) is 16.2. The molecule has 1 aromatic heterocycles. The second kappa shape index (κ2) is 7.60. The molecule has 1 aliphatic rings. The molecule has 4 heteroatoms. The Morgan fingerprint density at radius 3 is 2.36 bits per heavy atom. The van der Waals surface area contributed by atoms with Crippen molar-refractivity contribution in [2.24, 2.45) is 11.3 Å². The molecule has 1 fully saturated rings. The number of hydrogen-bond donors (Lipinski definition) is 1. The van der Waals surface area contributed by atoms with E-state index in [2.05, 4.69) is 60.6 Å². The van der Waals surface area contributed by atoms with Crippen molar-refractivity contribution in [2.45, 2.75) is 66.1 Å². The van der Waals surface area contributed by atoms with Crippen molar-refractivity contribution in [3.8, 4) is 0 Å². The van der Waals surface area contributed by atoms with Crippen molar-refractivity contribution < 1.29 is 0 Å². The van der Waals surface area contributed by atoms with Gasteiger partial charge in [0, 0.05) is 37.6 Å². The summed E-state index contributed by atoms with van der Waals surface area (Å²) in [7, 11) is 0. The van der Waals surface area contributed by atoms with E-state index in [9.17, 15) is 0 Å². The van der Waals surface area contributed by atoms with Crippen LogP contribution in [-0.2, 0) is 6.54 Å². The predicted molar refractivity (Wildman–Crippen MR) is 92.9 cm³/mol. The smallest absolute Gasteiger partial charge is 0.0946 e. The number of nitrogens with zero attached hydrogens (tertiary/aromatic N) is 3. The Hall–Kier alpha value is -0.870. The Morgan fingerprint density at radius 2 is 1.86 bits per heavy atom. The third kappa shape index (κ3) is 5.40. The van der Waals surface area contributed by atoms with Crippen LogP contribution in [0.1, 0.15) is 47.5 Å². The number of aromatic nitrogens is 2. The van der Waals surface area contributed by atoms with Crippen molar-refractivity contribution >= 4 is 0 Å². The molecule has 2 heterocycles. The molecule has 1 aromatic rings. The maximum absolute atomic E-state index is 4.17. The van der Waals surface area contributed by atoms with Gasteiger partial charge in [0.05, 0.1) is 6.33 Å². The number of likely N-dealkylation sites (tertiary alicyclic amines) is 1. The van der Waals surface area contributed by atoms with Crippen LogP contribution in [0.4, 0.5) is 0 Å². The Labute approximate surface area is 136 Å². The average molecular weight is 306 g/mol. The first kappa shape index (κ1) is 17.5. The minimum absolute atomic E-state index is 0.249. The molecule has 1 atom stereocenters. The van der Waals surface area contributed by atoms with Crippen LogP contribution in [0.25, 0.3) is 0 Å². The molecule has 0 bridgehead atoms. The van der Waals surface area contributed by atoms with E-state index in [1.807, 2.05) is 12.5 Å². The number of rotatable bonds is 6. The fourth-order valence-corrected chi connectivity index (χ4v) is 3.27. The van der Waals surface area contributed by atoms with Crippen LogP contribution in [0.15, 0.2) is 18.7 Å². The lowest BCUT2D eigenvalue weighted by atomic mass is 9.85. The number of nitrogens with one attached hydrogen (secondary N) is 1. The highest BCUT2D eigenvalue weighted by Crippen LogP contribution is 2.23. The topological polar surface area (TPSA) is 33.1 Å². The summed E-state index contributed by atoms with van der Waals surface area (Å²) in [5.41, 5.74) is 0.249. The van der Waals surface area contributed by atoms with Crippen molar-refractivity contribution in [3.63, 3.8) is 0 Å². The molecule has 0 aliphatic carbocycles. The average Bonchev–Trinajstić information content (AvgIpc) is 2.91. The maximum Gasteiger partial charge on any atom is 0.0946 e. The summed E-state index contributed by atoms with van der Waals surface area (Å²) in [6, 6.07) is 1.12. The van der Waals surface area contributed by atoms with Crippen LogP contribution in [0.5, 0.6) is 0 Å². The summed E-state index contributed by atoms with van der Waals surface area (Å²) in [4.78, 5) is 6.79. The molecule has 126 valence electrons. The molecule has 0 aromatic carbocycles. The van der Waals surface area contributed by atoms with Gasteiger partial charge < -0.3 is 14.8 Å². The lowest BCUT2D eigenvalue weighted by Crippen LogP contribution is -2.52. The summed E-state index contributed by atoms with van der Waals surface area (Å²) in [6.07, 6.45) is 8.38. The van der Waals surface area contributed by atoms with Crippen LogP contribution in [0.3, 0.4) is 0 Å². The summed E-state index contributed by atoms with van der Waals surface area (Å²) in [6.45, 7) is 16.3. The molecule has 1 saturated heterocycles. The third-order valence-corrected chi connectivity index (χ3v) is 4.65. The van der Waals surface area contributed by atoms with E-state index in [0.29, 0.717) is 12.1 Å². The van der Waals surface area contributed by atoms with E-state index in [1.54, 1.807) is 0 Å². The van der Waals surface area contributed by atoms with E-state index >= 15 is 0 Å². The molecule has 1 N–H and O–H groups in total. The minimum Gasteiger partial charge on any atom is -0.336 e. The Morgan fingerprint density at radius 1 is 1.18 bits per heavy atom. The third-order valence-electron chi connectivity index (χ3n) is 4.65. The fourth-order valence-electron chi connectivity index (χ4n) is 3.27. The van der Waals surface area contributed by atoms with Crippen LogP contribution in [0, 0.1) is 11.3 Å². The molecule has 1 aliphatic heterocycles. The van der Waals surface area contributed by atoms with Gasteiger partial charge in [0.2, 0.25) is 0 Å². The Kier molecular flexibility index (Phi) is 6.04. The number of hydrogen-bond acceptors (Lipinski definition) is 3. The highest BCUT2D eigenvalue weighted by atomic mass is 15.2. The Balaban J connectivity index is 1.86. The van der Waals surface area contributed by atoms with Gasteiger partial charge in [0.25, 0.3) is 0 Å². The quantitative estimate of drug-likeness (QED) is 0.877. The molecule has 2 rings (SSSR count). The number of piperidine rings is 1. The van der Waals surface area contributed by atoms with Crippen molar-refractivity contribution in [2.75, 3.05) is 19.6 Å². The summed E-state index contributed by atoms with van der Waals surface area (Å²) in [5.74, 6) is 0.771. The van der Waals surface area contributed by atoms with E-state index in [0.717, 1.165) is 12.5 Å². The monoisotopic (exact) mass is 306 g/mol. The van der Waals surface area contributed by atoms with Crippen molar-refractivity contribution in [3.05, 3.63) is 18.7 Å². The molecular weight excluding hydrogens is 272 g/mol. The lowest BCUT2D eigenvalue weighted by Gasteiger charge is -2.39. The molecule has 4 nitrogen and oxygen atoms in total. The molecule has 0 saturated carbocycles. The summed E-state index contributed by atoms with van der Waals surface area (Å²) >= 11 is 0. The SMILES string of the molecule is CC(C)CN1CCC(NC(Cn2ccnc2)C(C)(C)C)CC1. The molecule has 0 spiro atoms. The summed E-state index contributed by atoms with van der Waals surface area (Å²) < 4.78 is 2.19. The molecule has 22 heavy (non-hydrogen) atoms. The fraction of sp³-hybridized carbons (Fsp3) is 0.833. The first-order valence-electron chi connectivity index (χ1n) is 8.78. The van der Waals surface area contributed by atoms with E-state index in [-0.39, 0.29) is 5.41 Å². The minimum atomic E-state index is 0.249. The zero-order valence-corrected chi connectivity index (χ0v) is 15.0. The van der Waals surface area contributed by atoms with Crippen molar-refractivity contribution in [1.82, 2.24) is 19.8 Å². The van der Waals surface area contributed by atoms with Gasteiger partial charge in [0.15, 0.2) is 0 Å². The van der Waals surface area contributed by atoms with Crippen LogP contribution in [0.2, 0.25) is 0 Å². The van der Waals surface area contributed by atoms with Gasteiger partial charge in [-0.3, -0.25) is 0 Å². The zero-order valence-electron chi connectivity index (χ0n) is 15.0. The normalized spacial score (nSPS) is 19.7. The molecule has 0 amide bonds. The highest BCUT2D eigenvalue weighted by molar-refractivity contribution is 4.88. The van der Waals surface area contributed by atoms with Crippen LogP contribution < -0.4 is 5.32 Å². The predicted octanol–water partition coefficient (Wildman–Crippen LogP) is 3.01. The van der Waals surface area contributed by atoms with Gasteiger partial charge in [-0.25, -0.2) is 4.98 Å². The molecule has 1 unspecified atom stereocenters. The summed E-state index contributed by atoms with van der Waals surface area (Å²) in [5, 5.41) is 3.93. The largest absolute Gasteiger partial charge is 0.336 e. The Bertz CT molecular complexity index is 411. The van der Waals surface area contributed by atoms with Gasteiger partial charge in [-0.2, -0.15) is 0 Å². The first-order valence-corrected chi connectivity index (χ1v) is 8.78. The molecular formula is C18H34N4. The molecule has 0 radical (unpaired) electrons. The van der Waals surface area contributed by atoms with Gasteiger partial charge >= 0.3 is 0 Å². The van der Waals surface area contributed by atoms with Crippen molar-refractivity contribution in [1.29, 1.82) is 0 Å². The van der Waals surface area contributed by atoms with Gasteiger partial charge in [-0.15, -0.1) is 0 Å². The number of imidazole rings is 1. The van der Waals surface area contributed by atoms with Crippen LogP contribution >= 0.6 is 0 Å². The highest BCUT2D eigenvalue weighted by Gasteiger charge is 2.29. The second-order valence-corrected chi connectivity index (χ2v) is 8.31. The van der Waals surface area contributed by atoms with Gasteiger partial charge in [0.1, 0.15) is 0 Å². The van der Waals surface area contributed by atoms with E-state index in [4.69, 9.17) is 0 Å². The lowest BCUT2D eigenvalue weighted by molar-refractivity contribution is 0.149. The first-order chi connectivity index (χ1) is 10.3. The second-order valence-electron chi connectivity index (χ2n) is 8.31. The van der Waals surface area contributed by atoms with E-state index in [1.165, 1.54) is 32.5 Å². The maximum atomic E-state index is 4.17. The van der Waals surface area contributed by atoms with E-state index < -0.39 is 0 Å². The van der Waals surface area contributed by atoms with Crippen LogP contribution in [-0.4, -0.2) is 46.2 Å².